The van der Waals surface area contributed by atoms with Gasteiger partial charge in [-0.2, -0.15) is 0 Å². The Kier molecular flexibility index (Phi) is 4.57. The fourth-order valence-corrected chi connectivity index (χ4v) is 4.50. The summed E-state index contributed by atoms with van der Waals surface area (Å²) >= 11 is 0. The summed E-state index contributed by atoms with van der Waals surface area (Å²) in [7, 11) is 2.03. The van der Waals surface area contributed by atoms with Crippen molar-refractivity contribution in [3.8, 4) is 0 Å². The Labute approximate surface area is 158 Å². The van der Waals surface area contributed by atoms with Crippen LogP contribution in [0.3, 0.4) is 0 Å². The van der Waals surface area contributed by atoms with E-state index in [1.807, 2.05) is 0 Å². The molecule has 2 saturated heterocycles. The lowest BCUT2D eigenvalue weighted by molar-refractivity contribution is 0.00578. The molecule has 4 heteroatoms. The smallest absolute Gasteiger partial charge is 0.399 e. The van der Waals surface area contributed by atoms with Gasteiger partial charge in [-0.3, -0.25) is 4.90 Å². The van der Waals surface area contributed by atoms with Crippen molar-refractivity contribution in [2.75, 3.05) is 7.05 Å². The van der Waals surface area contributed by atoms with Crippen LogP contribution < -0.4 is 5.46 Å². The maximum Gasteiger partial charge on any atom is 0.494 e. The zero-order chi connectivity index (χ0) is 18.5. The third kappa shape index (κ3) is 3.28. The Hall–Kier alpha value is -1.10. The van der Waals surface area contributed by atoms with E-state index in [0.29, 0.717) is 6.04 Å². The molecule has 2 bridgehead atoms. The molecule has 0 saturated carbocycles. The normalized spacial score (nSPS) is 30.3. The van der Waals surface area contributed by atoms with Crippen molar-refractivity contribution in [2.24, 2.45) is 0 Å². The van der Waals surface area contributed by atoms with Crippen molar-refractivity contribution >= 4 is 12.6 Å². The van der Waals surface area contributed by atoms with Crippen LogP contribution in [0.1, 0.15) is 58.9 Å². The second-order valence-corrected chi connectivity index (χ2v) is 9.35. The summed E-state index contributed by atoms with van der Waals surface area (Å²) in [6.07, 6.45) is 8.88. The number of hydrogen-bond donors (Lipinski definition) is 0. The predicted octanol–water partition coefficient (Wildman–Crippen LogP) is 3.71. The molecule has 3 heterocycles. The van der Waals surface area contributed by atoms with Crippen molar-refractivity contribution in [3.63, 3.8) is 0 Å². The Balaban J connectivity index is 1.44. The highest BCUT2D eigenvalue weighted by Crippen LogP contribution is 2.36. The van der Waals surface area contributed by atoms with Crippen LogP contribution in [-0.4, -0.2) is 42.4 Å². The first kappa shape index (κ1) is 18.3. The van der Waals surface area contributed by atoms with Crippen LogP contribution in [0.2, 0.25) is 0 Å². The van der Waals surface area contributed by atoms with Crippen molar-refractivity contribution in [1.82, 2.24) is 4.90 Å². The highest BCUT2D eigenvalue weighted by molar-refractivity contribution is 6.62. The minimum atomic E-state index is -0.285. The average molecular weight is 353 g/mol. The summed E-state index contributed by atoms with van der Waals surface area (Å²) in [6.45, 7) is 8.41. The van der Waals surface area contributed by atoms with E-state index in [2.05, 4.69) is 70.0 Å². The largest absolute Gasteiger partial charge is 0.494 e. The molecular formula is C22H32BNO2. The summed E-state index contributed by atoms with van der Waals surface area (Å²) in [5, 5.41) is 0. The van der Waals surface area contributed by atoms with Crippen LogP contribution in [-0.2, 0) is 15.7 Å². The summed E-state index contributed by atoms with van der Waals surface area (Å²) in [4.78, 5) is 2.58. The van der Waals surface area contributed by atoms with Gasteiger partial charge in [0.1, 0.15) is 0 Å². The molecule has 0 amide bonds. The van der Waals surface area contributed by atoms with Crippen molar-refractivity contribution in [3.05, 3.63) is 41.5 Å². The number of rotatable bonds is 3. The van der Waals surface area contributed by atoms with Crippen LogP contribution in [0.5, 0.6) is 0 Å². The monoisotopic (exact) mass is 353 g/mol. The van der Waals surface area contributed by atoms with E-state index in [0.717, 1.165) is 17.9 Å². The Morgan fingerprint density at radius 2 is 1.69 bits per heavy atom. The van der Waals surface area contributed by atoms with Crippen molar-refractivity contribution in [2.45, 2.75) is 83.1 Å². The van der Waals surface area contributed by atoms with Gasteiger partial charge in [0.05, 0.1) is 11.2 Å². The number of piperidine rings is 1. The predicted molar refractivity (Wildman–Crippen MR) is 108 cm³/mol. The second kappa shape index (κ2) is 6.51. The van der Waals surface area contributed by atoms with E-state index < -0.39 is 0 Å². The van der Waals surface area contributed by atoms with Crippen molar-refractivity contribution < 1.29 is 9.31 Å². The number of likely N-dealkylation sites (N-methyl/N-ethyl adjacent to an activating group) is 1. The lowest BCUT2D eigenvalue weighted by Crippen LogP contribution is -2.46. The van der Waals surface area contributed by atoms with Gasteiger partial charge >= 0.3 is 7.12 Å². The Morgan fingerprint density at radius 3 is 2.31 bits per heavy atom. The summed E-state index contributed by atoms with van der Waals surface area (Å²) in [5.74, 6) is 0. The highest BCUT2D eigenvalue weighted by atomic mass is 16.7. The van der Waals surface area contributed by atoms with Gasteiger partial charge < -0.3 is 9.31 Å². The van der Waals surface area contributed by atoms with E-state index in [1.54, 1.807) is 5.57 Å². The minimum absolute atomic E-state index is 0.268. The van der Waals surface area contributed by atoms with Gasteiger partial charge in [0.15, 0.2) is 0 Å². The highest BCUT2D eigenvalue weighted by Gasteiger charge is 2.51. The molecule has 3 aliphatic heterocycles. The maximum atomic E-state index is 6.16. The van der Waals surface area contributed by atoms with Gasteiger partial charge in [-0.05, 0) is 71.5 Å². The quantitative estimate of drug-likeness (QED) is 0.611. The van der Waals surface area contributed by atoms with Gasteiger partial charge in [-0.15, -0.1) is 0 Å². The lowest BCUT2D eigenvalue weighted by Gasteiger charge is -2.42. The molecule has 2 atom stereocenters. The van der Waals surface area contributed by atoms with Gasteiger partial charge in [-0.1, -0.05) is 42.3 Å². The van der Waals surface area contributed by atoms with Gasteiger partial charge in [-0.25, -0.2) is 0 Å². The molecule has 0 aromatic heterocycles. The average Bonchev–Trinajstić information content (AvgIpc) is 2.77. The first-order chi connectivity index (χ1) is 12.2. The minimum Gasteiger partial charge on any atom is -0.399 e. The van der Waals surface area contributed by atoms with Gasteiger partial charge in [0, 0.05) is 12.1 Å². The Bertz CT molecular complexity index is 679. The molecule has 3 nitrogen and oxygen atoms in total. The van der Waals surface area contributed by atoms with E-state index in [4.69, 9.17) is 9.31 Å². The molecule has 26 heavy (non-hydrogen) atoms. The van der Waals surface area contributed by atoms with E-state index in [9.17, 15) is 0 Å². The summed E-state index contributed by atoms with van der Waals surface area (Å²) in [5.41, 5.74) is 3.54. The van der Waals surface area contributed by atoms with E-state index in [1.165, 1.54) is 31.2 Å². The maximum absolute atomic E-state index is 6.16. The molecule has 2 unspecified atom stereocenters. The molecule has 1 aromatic rings. The van der Waals surface area contributed by atoms with Crippen molar-refractivity contribution in [1.29, 1.82) is 0 Å². The molecule has 140 valence electrons. The van der Waals surface area contributed by atoms with Crippen LogP contribution in [0, 0.1) is 0 Å². The molecule has 4 rings (SSSR count). The topological polar surface area (TPSA) is 21.7 Å². The van der Waals surface area contributed by atoms with E-state index >= 15 is 0 Å². The van der Waals surface area contributed by atoms with Crippen LogP contribution in [0.15, 0.2) is 35.9 Å². The summed E-state index contributed by atoms with van der Waals surface area (Å²) in [6, 6.07) is 10.2. The van der Waals surface area contributed by atoms with E-state index in [-0.39, 0.29) is 18.3 Å². The standard InChI is InChI=1S/C22H32BNO2/c1-21(2)22(3,4)26-23(25-21)18-11-9-16(10-12-18)13-17-14-19-7-6-8-20(15-17)24(19)5/h9-12,14,19-20H,6-8,13,15H2,1-5H3. The Morgan fingerprint density at radius 1 is 1.04 bits per heavy atom. The fraction of sp³-hybridized carbons (Fsp3) is 0.636. The van der Waals surface area contributed by atoms with Crippen LogP contribution in [0.25, 0.3) is 0 Å². The lowest BCUT2D eigenvalue weighted by atomic mass is 9.78. The SMILES string of the molecule is CN1C2C=C(Cc3ccc(B4OC(C)(C)C(C)(C)O4)cc3)CC1CCC2. The first-order valence-corrected chi connectivity index (χ1v) is 10.1. The molecule has 0 radical (unpaired) electrons. The van der Waals surface area contributed by atoms with Gasteiger partial charge in [0.25, 0.3) is 0 Å². The third-order valence-electron chi connectivity index (χ3n) is 7.00. The summed E-state index contributed by atoms with van der Waals surface area (Å²) < 4.78 is 12.3. The molecule has 0 aliphatic carbocycles. The molecule has 0 N–H and O–H groups in total. The molecular weight excluding hydrogens is 321 g/mol. The molecule has 3 aliphatic rings. The zero-order valence-electron chi connectivity index (χ0n) is 16.9. The fourth-order valence-electron chi connectivity index (χ4n) is 4.50. The molecule has 1 aromatic carbocycles. The first-order valence-electron chi connectivity index (χ1n) is 10.1. The molecule has 2 fully saturated rings. The number of benzene rings is 1. The van der Waals surface area contributed by atoms with Gasteiger partial charge in [0.2, 0.25) is 0 Å². The second-order valence-electron chi connectivity index (χ2n) is 9.35. The van der Waals surface area contributed by atoms with Crippen LogP contribution >= 0.6 is 0 Å². The third-order valence-corrected chi connectivity index (χ3v) is 7.00. The number of fused-ring (bicyclic) bond motifs is 2. The number of hydrogen-bond acceptors (Lipinski definition) is 3. The van der Waals surface area contributed by atoms with Crippen LogP contribution in [0.4, 0.5) is 0 Å². The number of nitrogens with zero attached hydrogens (tertiary/aromatic N) is 1. The zero-order valence-corrected chi connectivity index (χ0v) is 16.9. The molecule has 0 spiro atoms.